The van der Waals surface area contributed by atoms with Crippen LogP contribution < -0.4 is 5.43 Å². The van der Waals surface area contributed by atoms with Gasteiger partial charge >= 0.3 is 0 Å². The van der Waals surface area contributed by atoms with Gasteiger partial charge in [0, 0.05) is 31.4 Å². The van der Waals surface area contributed by atoms with E-state index in [4.69, 9.17) is 0 Å². The number of hydrogen-bond donors (Lipinski definition) is 1. The zero-order chi connectivity index (χ0) is 13.2. The van der Waals surface area contributed by atoms with Crippen molar-refractivity contribution in [3.05, 3.63) is 23.8 Å². The van der Waals surface area contributed by atoms with Crippen molar-refractivity contribution in [1.29, 1.82) is 0 Å². The van der Waals surface area contributed by atoms with E-state index < -0.39 is 0 Å². The minimum Gasteiger partial charge on any atom is -0.337 e. The fourth-order valence-corrected chi connectivity index (χ4v) is 2.30. The monoisotopic (exact) mass is 259 g/mol. The van der Waals surface area contributed by atoms with Gasteiger partial charge in [0.25, 0.3) is 5.91 Å². The average Bonchev–Trinajstić information content (AvgIpc) is 2.74. The molecule has 3 heterocycles. The number of nitrogens with zero attached hydrogens (tertiary/aromatic N) is 4. The Bertz CT molecular complexity index is 542. The van der Waals surface area contributed by atoms with Crippen molar-refractivity contribution in [3.63, 3.8) is 0 Å². The third-order valence-electron chi connectivity index (χ3n) is 3.33. The van der Waals surface area contributed by atoms with Gasteiger partial charge in [-0.05, 0) is 12.0 Å². The number of fused-ring (bicyclic) bond motifs is 1. The van der Waals surface area contributed by atoms with Crippen LogP contribution in [0, 0.1) is 0 Å². The molecule has 0 bridgehead atoms. The number of amides is 2. The van der Waals surface area contributed by atoms with E-state index in [-0.39, 0.29) is 18.2 Å². The molecule has 1 aromatic rings. The number of hydrogen-bond acceptors (Lipinski definition) is 5. The van der Waals surface area contributed by atoms with Crippen LogP contribution in [0.5, 0.6) is 0 Å². The van der Waals surface area contributed by atoms with Gasteiger partial charge in [0.05, 0.1) is 6.42 Å². The van der Waals surface area contributed by atoms with Gasteiger partial charge in [-0.2, -0.15) is 5.10 Å². The molecule has 0 atom stereocenters. The van der Waals surface area contributed by atoms with Crippen molar-refractivity contribution < 1.29 is 9.59 Å². The van der Waals surface area contributed by atoms with Gasteiger partial charge < -0.3 is 4.90 Å². The smallest absolute Gasteiger partial charge is 0.270 e. The van der Waals surface area contributed by atoms with Crippen LogP contribution in [0.3, 0.4) is 0 Å². The van der Waals surface area contributed by atoms with Crippen molar-refractivity contribution in [2.45, 2.75) is 19.3 Å². The zero-order valence-corrected chi connectivity index (χ0v) is 10.3. The predicted molar refractivity (Wildman–Crippen MR) is 66.2 cm³/mol. The highest BCUT2D eigenvalue weighted by atomic mass is 16.2. The maximum Gasteiger partial charge on any atom is 0.270 e. The van der Waals surface area contributed by atoms with Crippen LogP contribution in [0.2, 0.25) is 0 Å². The molecule has 2 aliphatic rings. The molecule has 2 amide bonds. The lowest BCUT2D eigenvalue weighted by Gasteiger charge is -2.19. The molecule has 1 N–H and O–H groups in total. The van der Waals surface area contributed by atoms with Crippen molar-refractivity contribution in [1.82, 2.24) is 20.3 Å². The molecule has 19 heavy (non-hydrogen) atoms. The fourth-order valence-electron chi connectivity index (χ4n) is 2.30. The first-order valence-corrected chi connectivity index (χ1v) is 6.16. The molecule has 0 fully saturated rings. The summed E-state index contributed by atoms with van der Waals surface area (Å²) >= 11 is 0. The molecular formula is C12H13N5O2. The lowest BCUT2D eigenvalue weighted by molar-refractivity contribution is -0.124. The van der Waals surface area contributed by atoms with Gasteiger partial charge in [0.15, 0.2) is 0 Å². The minimum atomic E-state index is -0.229. The Morgan fingerprint density at radius 1 is 1.32 bits per heavy atom. The van der Waals surface area contributed by atoms with E-state index in [1.54, 1.807) is 11.1 Å². The summed E-state index contributed by atoms with van der Waals surface area (Å²) < 4.78 is 0. The number of carbonyl (C=O) groups excluding carboxylic acids is 2. The van der Waals surface area contributed by atoms with Crippen molar-refractivity contribution in [2.75, 3.05) is 13.1 Å². The molecule has 2 aliphatic heterocycles. The average molecular weight is 259 g/mol. The molecule has 0 saturated carbocycles. The van der Waals surface area contributed by atoms with Crippen LogP contribution in [-0.4, -0.2) is 45.5 Å². The topological polar surface area (TPSA) is 87.6 Å². The molecule has 0 radical (unpaired) electrons. The van der Waals surface area contributed by atoms with E-state index in [0.29, 0.717) is 25.2 Å². The zero-order valence-electron chi connectivity index (χ0n) is 10.3. The second-order valence-electron chi connectivity index (χ2n) is 4.56. The van der Waals surface area contributed by atoms with Crippen LogP contribution in [0.1, 0.15) is 17.7 Å². The largest absolute Gasteiger partial charge is 0.337 e. The lowest BCUT2D eigenvalue weighted by Crippen LogP contribution is -2.38. The highest BCUT2D eigenvalue weighted by molar-refractivity contribution is 6.43. The summed E-state index contributed by atoms with van der Waals surface area (Å²) in [6.45, 7) is 1.20. The summed E-state index contributed by atoms with van der Waals surface area (Å²) in [5, 5.41) is 3.77. The highest BCUT2D eigenvalue weighted by Crippen LogP contribution is 2.13. The second kappa shape index (κ2) is 4.75. The molecule has 7 heteroatoms. The van der Waals surface area contributed by atoms with E-state index in [1.807, 2.05) is 0 Å². The molecular weight excluding hydrogens is 246 g/mol. The number of rotatable bonds is 1. The minimum absolute atomic E-state index is 0.0715. The first-order chi connectivity index (χ1) is 9.24. The molecule has 1 aromatic heterocycles. The van der Waals surface area contributed by atoms with E-state index in [1.165, 1.54) is 6.33 Å². The van der Waals surface area contributed by atoms with E-state index in [0.717, 1.165) is 17.7 Å². The molecule has 0 unspecified atom stereocenters. The first kappa shape index (κ1) is 11.8. The molecule has 0 aliphatic carbocycles. The van der Waals surface area contributed by atoms with Crippen LogP contribution in [0.4, 0.5) is 0 Å². The summed E-state index contributed by atoms with van der Waals surface area (Å²) in [5.41, 5.74) is 4.67. The fraction of sp³-hybridized carbons (Fsp3) is 0.417. The lowest BCUT2D eigenvalue weighted by atomic mass is 10.1. The van der Waals surface area contributed by atoms with Gasteiger partial charge in [0.1, 0.15) is 12.0 Å². The van der Waals surface area contributed by atoms with Crippen molar-refractivity contribution in [3.8, 4) is 0 Å². The Balaban J connectivity index is 1.72. The maximum atomic E-state index is 12.2. The highest BCUT2D eigenvalue weighted by Gasteiger charge is 2.27. The summed E-state index contributed by atoms with van der Waals surface area (Å²) in [5.74, 6) is -0.397. The summed E-state index contributed by atoms with van der Waals surface area (Å²) in [7, 11) is 0. The third-order valence-corrected chi connectivity index (χ3v) is 3.33. The number of aromatic nitrogens is 2. The summed E-state index contributed by atoms with van der Waals surface area (Å²) in [4.78, 5) is 33.3. The summed E-state index contributed by atoms with van der Waals surface area (Å²) in [6.07, 6.45) is 4.84. The SMILES string of the molecule is O=C1CC(C(=O)N2CCc3cncnc3CC2)=NN1. The standard InChI is InChI=1S/C12H13N5O2/c18-11-5-10(15-16-11)12(19)17-3-1-8-6-13-7-14-9(8)2-4-17/h6-7H,1-5H2,(H,16,18). The van der Waals surface area contributed by atoms with Gasteiger partial charge in [-0.1, -0.05) is 0 Å². The predicted octanol–water partition coefficient (Wildman–Crippen LogP) is -0.720. The summed E-state index contributed by atoms with van der Waals surface area (Å²) in [6, 6.07) is 0. The second-order valence-corrected chi connectivity index (χ2v) is 4.56. The molecule has 0 saturated heterocycles. The Kier molecular flexibility index (Phi) is 2.94. The molecule has 0 aromatic carbocycles. The van der Waals surface area contributed by atoms with Crippen molar-refractivity contribution >= 4 is 17.5 Å². The number of carbonyl (C=O) groups is 2. The van der Waals surface area contributed by atoms with Crippen LogP contribution in [0.25, 0.3) is 0 Å². The van der Waals surface area contributed by atoms with Crippen molar-refractivity contribution in [2.24, 2.45) is 5.10 Å². The molecule has 0 spiro atoms. The Labute approximate surface area is 109 Å². The number of hydrazone groups is 1. The Morgan fingerprint density at radius 2 is 2.16 bits per heavy atom. The van der Waals surface area contributed by atoms with Gasteiger partial charge in [0.2, 0.25) is 5.91 Å². The molecule has 98 valence electrons. The van der Waals surface area contributed by atoms with Gasteiger partial charge in [-0.15, -0.1) is 0 Å². The first-order valence-electron chi connectivity index (χ1n) is 6.16. The van der Waals surface area contributed by atoms with Crippen LogP contribution in [-0.2, 0) is 22.4 Å². The van der Waals surface area contributed by atoms with E-state index in [9.17, 15) is 9.59 Å². The third kappa shape index (κ3) is 2.31. The number of nitrogens with one attached hydrogen (secondary N) is 1. The van der Waals surface area contributed by atoms with Gasteiger partial charge in [-0.3, -0.25) is 9.59 Å². The van der Waals surface area contributed by atoms with Gasteiger partial charge in [-0.25, -0.2) is 15.4 Å². The quantitative estimate of drug-likeness (QED) is 0.721. The van der Waals surface area contributed by atoms with Crippen LogP contribution >= 0.6 is 0 Å². The van der Waals surface area contributed by atoms with E-state index >= 15 is 0 Å². The maximum absolute atomic E-state index is 12.2. The Morgan fingerprint density at radius 3 is 2.95 bits per heavy atom. The normalized spacial score (nSPS) is 18.4. The molecule has 7 nitrogen and oxygen atoms in total. The molecule has 3 rings (SSSR count). The Hall–Kier alpha value is -2.31. The van der Waals surface area contributed by atoms with E-state index in [2.05, 4.69) is 20.5 Å². The van der Waals surface area contributed by atoms with Crippen LogP contribution in [0.15, 0.2) is 17.6 Å².